The molecule has 0 aliphatic heterocycles. The molecule has 1 aromatic rings. The largest absolute Gasteiger partial charge is 0.398 e. The van der Waals surface area contributed by atoms with Crippen molar-refractivity contribution in [3.05, 3.63) is 23.8 Å². The molecule has 0 aromatic heterocycles. The smallest absolute Gasteiger partial charge is 0.242 e. The fourth-order valence-electron chi connectivity index (χ4n) is 1.69. The van der Waals surface area contributed by atoms with Gasteiger partial charge in [0.1, 0.15) is 4.90 Å². The van der Waals surface area contributed by atoms with E-state index in [1.54, 1.807) is 12.1 Å². The minimum absolute atomic E-state index is 0.131. The number of nitrogens with one attached hydrogen (secondary N) is 1. The summed E-state index contributed by atoms with van der Waals surface area (Å²) in [5.41, 5.74) is 6.95. The first kappa shape index (κ1) is 16.9. The standard InChI is InChI=1S/C14H24N2O3S/c1-11(2)10-19-8-4-7-16-20(17,18)14-6-5-12(3)9-13(14)15/h5-6,9,11,16H,4,7-8,10,15H2,1-3H3. The zero-order valence-electron chi connectivity index (χ0n) is 12.3. The maximum atomic E-state index is 12.1. The Hall–Kier alpha value is -1.11. The van der Waals surface area contributed by atoms with Crippen molar-refractivity contribution in [1.82, 2.24) is 4.72 Å². The van der Waals surface area contributed by atoms with Crippen molar-refractivity contribution >= 4 is 15.7 Å². The Labute approximate surface area is 121 Å². The van der Waals surface area contributed by atoms with E-state index >= 15 is 0 Å². The molecule has 3 N–H and O–H groups in total. The summed E-state index contributed by atoms with van der Waals surface area (Å²) < 4.78 is 32.1. The lowest BCUT2D eigenvalue weighted by atomic mass is 10.2. The van der Waals surface area contributed by atoms with Crippen molar-refractivity contribution < 1.29 is 13.2 Å². The van der Waals surface area contributed by atoms with Crippen molar-refractivity contribution in [3.63, 3.8) is 0 Å². The van der Waals surface area contributed by atoms with Gasteiger partial charge in [-0.1, -0.05) is 19.9 Å². The molecule has 0 aliphatic rings. The summed E-state index contributed by atoms with van der Waals surface area (Å²) in [6.07, 6.45) is 0.637. The monoisotopic (exact) mass is 300 g/mol. The number of aryl methyl sites for hydroxylation is 1. The van der Waals surface area contributed by atoms with Crippen LogP contribution >= 0.6 is 0 Å². The first-order valence-electron chi connectivity index (χ1n) is 6.76. The van der Waals surface area contributed by atoms with Crippen LogP contribution in [-0.2, 0) is 14.8 Å². The van der Waals surface area contributed by atoms with Crippen LogP contribution in [0.5, 0.6) is 0 Å². The number of hydrogen-bond acceptors (Lipinski definition) is 4. The van der Waals surface area contributed by atoms with Gasteiger partial charge < -0.3 is 10.5 Å². The predicted octanol–water partition coefficient (Wildman–Crippen LogP) is 1.92. The second-order valence-electron chi connectivity index (χ2n) is 5.26. The minimum Gasteiger partial charge on any atom is -0.398 e. The quantitative estimate of drug-likeness (QED) is 0.567. The van der Waals surface area contributed by atoms with Gasteiger partial charge in [-0.25, -0.2) is 13.1 Å². The fourth-order valence-corrected chi connectivity index (χ4v) is 2.88. The highest BCUT2D eigenvalue weighted by atomic mass is 32.2. The van der Waals surface area contributed by atoms with Crippen LogP contribution in [0.1, 0.15) is 25.8 Å². The highest BCUT2D eigenvalue weighted by molar-refractivity contribution is 7.89. The first-order chi connectivity index (χ1) is 9.33. The van der Waals surface area contributed by atoms with Crippen molar-refractivity contribution in [3.8, 4) is 0 Å². The second kappa shape index (κ2) is 7.61. The second-order valence-corrected chi connectivity index (χ2v) is 7.00. The third kappa shape index (κ3) is 5.48. The summed E-state index contributed by atoms with van der Waals surface area (Å²) in [5, 5.41) is 0. The average molecular weight is 300 g/mol. The van der Waals surface area contributed by atoms with E-state index in [1.807, 2.05) is 6.92 Å². The fraction of sp³-hybridized carbons (Fsp3) is 0.571. The topological polar surface area (TPSA) is 81.4 Å². The number of nitrogens with two attached hydrogens (primary N) is 1. The molecule has 0 aliphatic carbocycles. The molecule has 114 valence electrons. The first-order valence-corrected chi connectivity index (χ1v) is 8.25. The predicted molar refractivity (Wildman–Crippen MR) is 81.1 cm³/mol. The van der Waals surface area contributed by atoms with Gasteiger partial charge in [0.25, 0.3) is 0 Å². The molecule has 20 heavy (non-hydrogen) atoms. The van der Waals surface area contributed by atoms with E-state index in [2.05, 4.69) is 18.6 Å². The van der Waals surface area contributed by atoms with E-state index in [0.29, 0.717) is 32.1 Å². The van der Waals surface area contributed by atoms with Crippen LogP contribution in [0.15, 0.2) is 23.1 Å². The van der Waals surface area contributed by atoms with E-state index in [4.69, 9.17) is 10.5 Å². The van der Waals surface area contributed by atoms with E-state index in [0.717, 1.165) is 5.56 Å². The Morgan fingerprint density at radius 3 is 2.65 bits per heavy atom. The molecular formula is C14H24N2O3S. The van der Waals surface area contributed by atoms with Gasteiger partial charge in [-0.15, -0.1) is 0 Å². The molecule has 0 heterocycles. The summed E-state index contributed by atoms with van der Waals surface area (Å²) >= 11 is 0. The van der Waals surface area contributed by atoms with Crippen LogP contribution in [0, 0.1) is 12.8 Å². The summed E-state index contributed by atoms with van der Waals surface area (Å²) in [7, 11) is -3.54. The van der Waals surface area contributed by atoms with Crippen LogP contribution in [0.2, 0.25) is 0 Å². The van der Waals surface area contributed by atoms with Crippen molar-refractivity contribution in [2.75, 3.05) is 25.5 Å². The molecule has 0 saturated carbocycles. The van der Waals surface area contributed by atoms with Gasteiger partial charge in [0, 0.05) is 19.8 Å². The summed E-state index contributed by atoms with van der Waals surface area (Å²) in [4.78, 5) is 0.131. The molecule has 5 nitrogen and oxygen atoms in total. The van der Waals surface area contributed by atoms with Gasteiger partial charge in [0.15, 0.2) is 0 Å². The van der Waals surface area contributed by atoms with Crippen molar-refractivity contribution in [2.24, 2.45) is 5.92 Å². The normalized spacial score (nSPS) is 12.0. The molecule has 0 amide bonds. The van der Waals surface area contributed by atoms with Crippen LogP contribution in [0.3, 0.4) is 0 Å². The lowest BCUT2D eigenvalue weighted by Gasteiger charge is -2.10. The van der Waals surface area contributed by atoms with E-state index in [1.165, 1.54) is 6.07 Å². The zero-order valence-corrected chi connectivity index (χ0v) is 13.2. The molecule has 0 bridgehead atoms. The molecule has 0 fully saturated rings. The average Bonchev–Trinajstić information content (AvgIpc) is 2.32. The van der Waals surface area contributed by atoms with E-state index < -0.39 is 10.0 Å². The number of benzene rings is 1. The molecule has 0 atom stereocenters. The number of nitrogen functional groups attached to an aromatic ring is 1. The number of rotatable bonds is 8. The third-order valence-electron chi connectivity index (χ3n) is 2.66. The highest BCUT2D eigenvalue weighted by Crippen LogP contribution is 2.19. The minimum atomic E-state index is -3.54. The Morgan fingerprint density at radius 2 is 2.05 bits per heavy atom. The lowest BCUT2D eigenvalue weighted by molar-refractivity contribution is 0.108. The summed E-state index contributed by atoms with van der Waals surface area (Å²) in [5.74, 6) is 0.485. The molecule has 0 unspecified atom stereocenters. The van der Waals surface area contributed by atoms with Gasteiger partial charge in [-0.05, 0) is 37.0 Å². The molecule has 6 heteroatoms. The SMILES string of the molecule is Cc1ccc(S(=O)(=O)NCCCOCC(C)C)c(N)c1. The Kier molecular flexibility index (Phi) is 6.45. The zero-order chi connectivity index (χ0) is 15.2. The van der Waals surface area contributed by atoms with Crippen molar-refractivity contribution in [1.29, 1.82) is 0 Å². The molecule has 1 rings (SSSR count). The van der Waals surface area contributed by atoms with Gasteiger partial charge in [-0.2, -0.15) is 0 Å². The van der Waals surface area contributed by atoms with Gasteiger partial charge in [0.05, 0.1) is 5.69 Å². The Bertz CT molecular complexity index is 527. The molecule has 0 radical (unpaired) electrons. The van der Waals surface area contributed by atoms with Crippen LogP contribution < -0.4 is 10.5 Å². The number of hydrogen-bond donors (Lipinski definition) is 2. The van der Waals surface area contributed by atoms with Crippen LogP contribution in [0.4, 0.5) is 5.69 Å². The number of anilines is 1. The number of ether oxygens (including phenoxy) is 1. The van der Waals surface area contributed by atoms with Crippen LogP contribution in [0.25, 0.3) is 0 Å². The van der Waals surface area contributed by atoms with E-state index in [-0.39, 0.29) is 10.6 Å². The summed E-state index contributed by atoms with van der Waals surface area (Å²) in [6, 6.07) is 4.92. The third-order valence-corrected chi connectivity index (χ3v) is 4.20. The molecular weight excluding hydrogens is 276 g/mol. The Morgan fingerprint density at radius 1 is 1.35 bits per heavy atom. The maximum Gasteiger partial charge on any atom is 0.242 e. The van der Waals surface area contributed by atoms with Crippen molar-refractivity contribution in [2.45, 2.75) is 32.1 Å². The highest BCUT2D eigenvalue weighted by Gasteiger charge is 2.16. The van der Waals surface area contributed by atoms with Gasteiger partial charge >= 0.3 is 0 Å². The molecule has 0 saturated heterocycles. The Balaban J connectivity index is 2.46. The number of sulfonamides is 1. The summed E-state index contributed by atoms with van der Waals surface area (Å²) in [6.45, 7) is 7.59. The van der Waals surface area contributed by atoms with Crippen LogP contribution in [-0.4, -0.2) is 28.2 Å². The van der Waals surface area contributed by atoms with E-state index in [9.17, 15) is 8.42 Å². The molecule has 0 spiro atoms. The van der Waals surface area contributed by atoms with Gasteiger partial charge in [0.2, 0.25) is 10.0 Å². The lowest BCUT2D eigenvalue weighted by Crippen LogP contribution is -2.26. The maximum absolute atomic E-state index is 12.1. The molecule has 1 aromatic carbocycles. The van der Waals surface area contributed by atoms with Gasteiger partial charge in [-0.3, -0.25) is 0 Å².